The monoisotopic (exact) mass is 293 g/mol. The molecule has 0 atom stereocenters. The molecule has 2 rings (SSSR count). The van der Waals surface area contributed by atoms with Crippen molar-refractivity contribution < 1.29 is 19.7 Å². The first-order chi connectivity index (χ1) is 9.91. The molecule has 1 fully saturated rings. The van der Waals surface area contributed by atoms with Crippen LogP contribution in [0.3, 0.4) is 0 Å². The molecule has 1 aromatic carbocycles. The number of nitrogens with zero attached hydrogens (tertiary/aromatic N) is 1. The van der Waals surface area contributed by atoms with Gasteiger partial charge >= 0.3 is 0 Å². The van der Waals surface area contributed by atoms with Crippen LogP contribution < -0.4 is 0 Å². The van der Waals surface area contributed by atoms with Gasteiger partial charge in [0, 0.05) is 25.2 Å². The number of aliphatic hydroxyl groups is 2. The van der Waals surface area contributed by atoms with Crippen molar-refractivity contribution in [3.8, 4) is 0 Å². The van der Waals surface area contributed by atoms with Crippen LogP contribution in [0.25, 0.3) is 0 Å². The third-order valence-corrected chi connectivity index (χ3v) is 3.69. The highest BCUT2D eigenvalue weighted by atomic mass is 16.5. The zero-order chi connectivity index (χ0) is 15.5. The van der Waals surface area contributed by atoms with E-state index in [9.17, 15) is 15.0 Å². The lowest BCUT2D eigenvalue weighted by molar-refractivity contribution is 0.0339. The van der Waals surface area contributed by atoms with Crippen LogP contribution in [0, 0.1) is 0 Å². The van der Waals surface area contributed by atoms with Gasteiger partial charge in [-0.25, -0.2) is 0 Å². The second-order valence-corrected chi connectivity index (χ2v) is 5.92. The fourth-order valence-electron chi connectivity index (χ4n) is 2.42. The Hall–Kier alpha value is -1.27. The average molecular weight is 293 g/mol. The molecule has 1 heterocycles. The molecule has 1 saturated heterocycles. The number of Topliss-reactive ketones (excluding diaryl/α,β-unsaturated/α-hetero) is 1. The van der Waals surface area contributed by atoms with Gasteiger partial charge in [0.1, 0.15) is 5.60 Å². The van der Waals surface area contributed by atoms with Crippen LogP contribution >= 0.6 is 0 Å². The van der Waals surface area contributed by atoms with Crippen molar-refractivity contribution in [1.82, 2.24) is 4.90 Å². The summed E-state index contributed by atoms with van der Waals surface area (Å²) in [6, 6.07) is 5.20. The molecule has 0 saturated carbocycles. The summed E-state index contributed by atoms with van der Waals surface area (Å²) < 4.78 is 5.32. The SMILES string of the molecule is CC(C)(O)C(=O)c1ccc(CO)c(CN2CCOCC2)c1. The lowest BCUT2D eigenvalue weighted by Gasteiger charge is -2.27. The summed E-state index contributed by atoms with van der Waals surface area (Å²) in [6.45, 7) is 6.67. The van der Waals surface area contributed by atoms with Crippen molar-refractivity contribution in [3.05, 3.63) is 34.9 Å². The molecule has 21 heavy (non-hydrogen) atoms. The standard InChI is InChI=1S/C16H23NO4/c1-16(2,20)15(19)12-3-4-13(11-18)14(9-12)10-17-5-7-21-8-6-17/h3-4,9,18,20H,5-8,10-11H2,1-2H3. The van der Waals surface area contributed by atoms with Crippen LogP contribution in [0.1, 0.15) is 35.3 Å². The van der Waals surface area contributed by atoms with E-state index in [0.29, 0.717) is 25.3 Å². The van der Waals surface area contributed by atoms with E-state index in [4.69, 9.17) is 4.74 Å². The largest absolute Gasteiger partial charge is 0.392 e. The summed E-state index contributed by atoms with van der Waals surface area (Å²) >= 11 is 0. The van der Waals surface area contributed by atoms with Gasteiger partial charge in [0.25, 0.3) is 0 Å². The van der Waals surface area contributed by atoms with Gasteiger partial charge < -0.3 is 14.9 Å². The van der Waals surface area contributed by atoms with Crippen molar-refractivity contribution in [2.45, 2.75) is 32.6 Å². The van der Waals surface area contributed by atoms with Gasteiger partial charge in [-0.2, -0.15) is 0 Å². The molecule has 5 nitrogen and oxygen atoms in total. The first kappa shape index (κ1) is 16.1. The molecule has 0 aromatic heterocycles. The van der Waals surface area contributed by atoms with Crippen molar-refractivity contribution in [3.63, 3.8) is 0 Å². The predicted octanol–water partition coefficient (Wildman–Crippen LogP) is 0.965. The molecule has 0 bridgehead atoms. The van der Waals surface area contributed by atoms with Crippen LogP contribution in [0.5, 0.6) is 0 Å². The van der Waals surface area contributed by atoms with Crippen LogP contribution in [0.15, 0.2) is 18.2 Å². The minimum Gasteiger partial charge on any atom is -0.392 e. The van der Waals surface area contributed by atoms with E-state index < -0.39 is 5.60 Å². The smallest absolute Gasteiger partial charge is 0.193 e. The van der Waals surface area contributed by atoms with Crippen LogP contribution in [-0.4, -0.2) is 52.8 Å². The summed E-state index contributed by atoms with van der Waals surface area (Å²) in [4.78, 5) is 14.4. The zero-order valence-corrected chi connectivity index (χ0v) is 12.6. The molecule has 0 aliphatic carbocycles. The second-order valence-electron chi connectivity index (χ2n) is 5.92. The molecule has 0 radical (unpaired) electrons. The maximum absolute atomic E-state index is 12.2. The van der Waals surface area contributed by atoms with E-state index in [1.54, 1.807) is 18.2 Å². The molecule has 5 heteroatoms. The predicted molar refractivity (Wildman–Crippen MR) is 79.1 cm³/mol. The number of benzene rings is 1. The lowest BCUT2D eigenvalue weighted by atomic mass is 9.93. The number of hydrogen-bond acceptors (Lipinski definition) is 5. The summed E-state index contributed by atoms with van der Waals surface area (Å²) in [5.41, 5.74) is 0.822. The second kappa shape index (κ2) is 6.66. The minimum atomic E-state index is -1.39. The Balaban J connectivity index is 2.23. The third kappa shape index (κ3) is 4.11. The Labute approximate surface area is 125 Å². The molecule has 116 valence electrons. The number of hydrogen-bond donors (Lipinski definition) is 2. The number of ether oxygens (including phenoxy) is 1. The maximum Gasteiger partial charge on any atom is 0.193 e. The molecule has 1 aromatic rings. The van der Waals surface area contributed by atoms with Gasteiger partial charge in [-0.15, -0.1) is 0 Å². The number of aliphatic hydroxyl groups excluding tert-OH is 1. The normalized spacial score (nSPS) is 17.0. The summed E-state index contributed by atoms with van der Waals surface area (Å²) in [7, 11) is 0. The van der Waals surface area contributed by atoms with E-state index in [1.165, 1.54) is 13.8 Å². The van der Waals surface area contributed by atoms with Crippen molar-refractivity contribution in [2.75, 3.05) is 26.3 Å². The van der Waals surface area contributed by atoms with Gasteiger partial charge in [-0.3, -0.25) is 9.69 Å². The van der Waals surface area contributed by atoms with Crippen LogP contribution in [0.4, 0.5) is 0 Å². The third-order valence-electron chi connectivity index (χ3n) is 3.69. The van der Waals surface area contributed by atoms with E-state index in [1.807, 2.05) is 0 Å². The minimum absolute atomic E-state index is 0.0589. The fourth-order valence-corrected chi connectivity index (χ4v) is 2.42. The van der Waals surface area contributed by atoms with Crippen molar-refractivity contribution >= 4 is 5.78 Å². The Morgan fingerprint density at radius 2 is 1.95 bits per heavy atom. The quantitative estimate of drug-likeness (QED) is 0.792. The Bertz CT molecular complexity index is 501. The molecule has 1 aliphatic rings. The summed E-state index contributed by atoms with van der Waals surface area (Å²) in [5, 5.41) is 19.3. The molecular weight excluding hydrogens is 270 g/mol. The van der Waals surface area contributed by atoms with Gasteiger partial charge in [-0.05, 0) is 31.0 Å². The highest BCUT2D eigenvalue weighted by Gasteiger charge is 2.26. The van der Waals surface area contributed by atoms with Crippen molar-refractivity contribution in [2.24, 2.45) is 0 Å². The summed E-state index contributed by atoms with van der Waals surface area (Å²) in [5.74, 6) is -0.310. The van der Waals surface area contributed by atoms with E-state index in [0.717, 1.165) is 24.2 Å². The summed E-state index contributed by atoms with van der Waals surface area (Å²) in [6.07, 6.45) is 0. The number of carbonyl (C=O) groups is 1. The lowest BCUT2D eigenvalue weighted by Crippen LogP contribution is -2.36. The topological polar surface area (TPSA) is 70.0 Å². The molecule has 2 N–H and O–H groups in total. The molecule has 0 amide bonds. The highest BCUT2D eigenvalue weighted by molar-refractivity contribution is 6.01. The fraction of sp³-hybridized carbons (Fsp3) is 0.562. The van der Waals surface area contributed by atoms with E-state index in [2.05, 4.69) is 4.90 Å². The number of morpholine rings is 1. The van der Waals surface area contributed by atoms with Crippen LogP contribution in [0.2, 0.25) is 0 Å². The van der Waals surface area contributed by atoms with E-state index >= 15 is 0 Å². The van der Waals surface area contributed by atoms with Gasteiger partial charge in [0.05, 0.1) is 19.8 Å². The number of rotatable bonds is 5. The van der Waals surface area contributed by atoms with Crippen LogP contribution in [-0.2, 0) is 17.9 Å². The molecular formula is C16H23NO4. The zero-order valence-electron chi connectivity index (χ0n) is 12.6. The number of ketones is 1. The molecule has 1 aliphatic heterocycles. The van der Waals surface area contributed by atoms with Gasteiger partial charge in [0.2, 0.25) is 0 Å². The van der Waals surface area contributed by atoms with Crippen molar-refractivity contribution in [1.29, 1.82) is 0 Å². The Morgan fingerprint density at radius 1 is 1.29 bits per heavy atom. The Morgan fingerprint density at radius 3 is 2.52 bits per heavy atom. The first-order valence-electron chi connectivity index (χ1n) is 7.22. The maximum atomic E-state index is 12.2. The van der Waals surface area contributed by atoms with Gasteiger partial charge in [-0.1, -0.05) is 12.1 Å². The number of carbonyl (C=O) groups excluding carboxylic acids is 1. The Kier molecular flexibility index (Phi) is 5.11. The molecule has 0 spiro atoms. The first-order valence-corrected chi connectivity index (χ1v) is 7.22. The van der Waals surface area contributed by atoms with E-state index in [-0.39, 0.29) is 12.4 Å². The highest BCUT2D eigenvalue weighted by Crippen LogP contribution is 2.19. The van der Waals surface area contributed by atoms with Gasteiger partial charge in [0.15, 0.2) is 5.78 Å². The average Bonchev–Trinajstić information content (AvgIpc) is 2.46. The molecule has 0 unspecified atom stereocenters.